The Morgan fingerprint density at radius 1 is 1.06 bits per heavy atom. The summed E-state index contributed by atoms with van der Waals surface area (Å²) in [4.78, 5) is 4.39. The van der Waals surface area contributed by atoms with Gasteiger partial charge < -0.3 is 9.67 Å². The average Bonchev–Trinajstić information content (AvgIpc) is 2.73. The molecule has 0 aliphatic rings. The summed E-state index contributed by atoms with van der Waals surface area (Å²) in [6.45, 7) is 2.07. The van der Waals surface area contributed by atoms with Gasteiger partial charge in [-0.15, -0.1) is 0 Å². The minimum Gasteiger partial charge on any atom is -0.508 e. The van der Waals surface area contributed by atoms with Gasteiger partial charge in [-0.1, -0.05) is 12.1 Å². The van der Waals surface area contributed by atoms with Crippen LogP contribution in [-0.4, -0.2) is 14.7 Å². The highest BCUT2D eigenvalue weighted by Gasteiger charge is 2.06. The van der Waals surface area contributed by atoms with Crippen LogP contribution in [0.3, 0.4) is 0 Å². The molecule has 3 heteroatoms. The van der Waals surface area contributed by atoms with E-state index in [-0.39, 0.29) is 5.75 Å². The number of phenolic OH excluding ortho intramolecular Hbond substituents is 1. The highest BCUT2D eigenvalue weighted by atomic mass is 16.3. The second-order valence-electron chi connectivity index (χ2n) is 4.56. The van der Waals surface area contributed by atoms with Crippen LogP contribution < -0.4 is 0 Å². The number of aromatic nitrogens is 2. The molecular formula is C15H14N2O. The number of rotatable bonds is 1. The number of phenols is 1. The van der Waals surface area contributed by atoms with Crippen LogP contribution in [-0.2, 0) is 7.05 Å². The van der Waals surface area contributed by atoms with Crippen molar-refractivity contribution in [1.29, 1.82) is 0 Å². The molecule has 0 amide bonds. The van der Waals surface area contributed by atoms with Gasteiger partial charge in [0.25, 0.3) is 0 Å². The zero-order valence-electron chi connectivity index (χ0n) is 10.4. The number of benzene rings is 2. The maximum Gasteiger partial charge on any atom is 0.115 e. The Kier molecular flexibility index (Phi) is 2.33. The lowest BCUT2D eigenvalue weighted by atomic mass is 10.0. The van der Waals surface area contributed by atoms with E-state index in [0.717, 1.165) is 27.7 Å². The van der Waals surface area contributed by atoms with Crippen LogP contribution in [0.5, 0.6) is 5.75 Å². The lowest BCUT2D eigenvalue weighted by Gasteiger charge is -2.05. The van der Waals surface area contributed by atoms with Gasteiger partial charge in [0.05, 0.1) is 17.4 Å². The fourth-order valence-corrected chi connectivity index (χ4v) is 2.22. The third-order valence-corrected chi connectivity index (χ3v) is 3.22. The monoisotopic (exact) mass is 238 g/mol. The van der Waals surface area contributed by atoms with Crippen molar-refractivity contribution in [3.8, 4) is 16.9 Å². The molecule has 0 saturated heterocycles. The molecule has 0 radical (unpaired) electrons. The molecule has 1 N–H and O–H groups in total. The molecule has 1 aromatic heterocycles. The quantitative estimate of drug-likeness (QED) is 0.706. The molecule has 3 nitrogen and oxygen atoms in total. The third kappa shape index (κ3) is 1.64. The third-order valence-electron chi connectivity index (χ3n) is 3.22. The minimum absolute atomic E-state index is 0.289. The Balaban J connectivity index is 2.23. The standard InChI is InChI=1S/C15H14N2O/c1-10-7-12(11-3-5-13(18)6-4-11)8-14-15(10)16-9-17(14)2/h3-9,18H,1-2H3. The van der Waals surface area contributed by atoms with Crippen molar-refractivity contribution in [2.24, 2.45) is 7.05 Å². The fraction of sp³-hybridized carbons (Fsp3) is 0.133. The van der Waals surface area contributed by atoms with Crippen LogP contribution in [0.25, 0.3) is 22.2 Å². The van der Waals surface area contributed by atoms with Gasteiger partial charge in [-0.3, -0.25) is 0 Å². The lowest BCUT2D eigenvalue weighted by Crippen LogP contribution is -1.87. The summed E-state index contributed by atoms with van der Waals surface area (Å²) in [6, 6.07) is 11.5. The number of imidazole rings is 1. The molecule has 0 bridgehead atoms. The predicted molar refractivity (Wildman–Crippen MR) is 72.6 cm³/mol. The Morgan fingerprint density at radius 2 is 1.78 bits per heavy atom. The SMILES string of the molecule is Cc1cc(-c2ccc(O)cc2)cc2c1ncn2C. The molecule has 18 heavy (non-hydrogen) atoms. The molecular weight excluding hydrogens is 224 g/mol. The molecule has 0 saturated carbocycles. The van der Waals surface area contributed by atoms with Gasteiger partial charge >= 0.3 is 0 Å². The molecule has 3 aromatic rings. The number of aromatic hydroxyl groups is 1. The summed E-state index contributed by atoms with van der Waals surface area (Å²) >= 11 is 0. The second kappa shape index (κ2) is 3.88. The van der Waals surface area contributed by atoms with Gasteiger partial charge in [0.2, 0.25) is 0 Å². The summed E-state index contributed by atoms with van der Waals surface area (Å²) in [5.74, 6) is 0.289. The summed E-state index contributed by atoms with van der Waals surface area (Å²) < 4.78 is 2.02. The van der Waals surface area contributed by atoms with Gasteiger partial charge in [-0.25, -0.2) is 4.98 Å². The van der Waals surface area contributed by atoms with E-state index in [2.05, 4.69) is 24.0 Å². The molecule has 0 aliphatic heterocycles. The summed E-state index contributed by atoms with van der Waals surface area (Å²) in [7, 11) is 2.00. The Labute approximate surface area is 105 Å². The number of aryl methyl sites for hydroxylation is 2. The Morgan fingerprint density at radius 3 is 2.50 bits per heavy atom. The van der Waals surface area contributed by atoms with Gasteiger partial charge in [-0.05, 0) is 47.9 Å². The second-order valence-corrected chi connectivity index (χ2v) is 4.56. The molecule has 0 fully saturated rings. The first kappa shape index (κ1) is 10.8. The minimum atomic E-state index is 0.289. The number of hydrogen-bond donors (Lipinski definition) is 1. The number of nitrogens with zero attached hydrogens (tertiary/aromatic N) is 2. The zero-order valence-corrected chi connectivity index (χ0v) is 10.4. The topological polar surface area (TPSA) is 38.1 Å². The first-order chi connectivity index (χ1) is 8.65. The summed E-state index contributed by atoms with van der Waals surface area (Å²) in [5.41, 5.74) is 5.57. The van der Waals surface area contributed by atoms with Crippen molar-refractivity contribution in [3.05, 3.63) is 48.3 Å². The molecule has 3 rings (SSSR count). The van der Waals surface area contributed by atoms with Crippen molar-refractivity contribution in [3.63, 3.8) is 0 Å². The summed E-state index contributed by atoms with van der Waals surface area (Å²) in [6.07, 6.45) is 1.83. The van der Waals surface area contributed by atoms with E-state index in [9.17, 15) is 5.11 Å². The molecule has 90 valence electrons. The van der Waals surface area contributed by atoms with E-state index < -0.39 is 0 Å². The van der Waals surface area contributed by atoms with E-state index in [1.165, 1.54) is 0 Å². The van der Waals surface area contributed by atoms with Crippen LogP contribution >= 0.6 is 0 Å². The van der Waals surface area contributed by atoms with Crippen molar-refractivity contribution < 1.29 is 5.11 Å². The van der Waals surface area contributed by atoms with Gasteiger partial charge in [0.15, 0.2) is 0 Å². The fourth-order valence-electron chi connectivity index (χ4n) is 2.22. The maximum absolute atomic E-state index is 9.33. The van der Waals surface area contributed by atoms with E-state index in [4.69, 9.17) is 0 Å². The maximum atomic E-state index is 9.33. The molecule has 1 heterocycles. The van der Waals surface area contributed by atoms with E-state index >= 15 is 0 Å². The van der Waals surface area contributed by atoms with Crippen LogP contribution in [0.1, 0.15) is 5.56 Å². The van der Waals surface area contributed by atoms with E-state index in [1.807, 2.05) is 30.1 Å². The first-order valence-corrected chi connectivity index (χ1v) is 5.86. The van der Waals surface area contributed by atoms with Crippen molar-refractivity contribution in [2.75, 3.05) is 0 Å². The largest absolute Gasteiger partial charge is 0.508 e. The molecule has 0 unspecified atom stereocenters. The van der Waals surface area contributed by atoms with Crippen LogP contribution in [0.15, 0.2) is 42.7 Å². The molecule has 0 atom stereocenters. The highest BCUT2D eigenvalue weighted by molar-refractivity contribution is 5.85. The molecule has 0 aliphatic carbocycles. The van der Waals surface area contributed by atoms with Crippen molar-refractivity contribution in [1.82, 2.24) is 9.55 Å². The normalized spacial score (nSPS) is 11.0. The van der Waals surface area contributed by atoms with Gasteiger partial charge in [0.1, 0.15) is 5.75 Å². The van der Waals surface area contributed by atoms with Crippen LogP contribution in [0, 0.1) is 6.92 Å². The Hall–Kier alpha value is -2.29. The van der Waals surface area contributed by atoms with Crippen LogP contribution in [0.4, 0.5) is 0 Å². The molecule has 2 aromatic carbocycles. The van der Waals surface area contributed by atoms with Gasteiger partial charge in [0, 0.05) is 7.05 Å². The van der Waals surface area contributed by atoms with Gasteiger partial charge in [-0.2, -0.15) is 0 Å². The Bertz CT molecular complexity index is 711. The molecule has 0 spiro atoms. The first-order valence-electron chi connectivity index (χ1n) is 5.86. The highest BCUT2D eigenvalue weighted by Crippen LogP contribution is 2.27. The lowest BCUT2D eigenvalue weighted by molar-refractivity contribution is 0.475. The number of fused-ring (bicyclic) bond motifs is 1. The van der Waals surface area contributed by atoms with E-state index in [1.54, 1.807) is 12.1 Å². The number of hydrogen-bond acceptors (Lipinski definition) is 2. The average molecular weight is 238 g/mol. The van der Waals surface area contributed by atoms with Crippen LogP contribution in [0.2, 0.25) is 0 Å². The summed E-state index contributed by atoms with van der Waals surface area (Å²) in [5, 5.41) is 9.33. The van der Waals surface area contributed by atoms with Crippen molar-refractivity contribution >= 4 is 11.0 Å². The predicted octanol–water partition coefficient (Wildman–Crippen LogP) is 3.25. The zero-order chi connectivity index (χ0) is 12.7. The van der Waals surface area contributed by atoms with Crippen molar-refractivity contribution in [2.45, 2.75) is 6.92 Å². The van der Waals surface area contributed by atoms with E-state index in [0.29, 0.717) is 0 Å². The smallest absolute Gasteiger partial charge is 0.115 e.